The van der Waals surface area contributed by atoms with Crippen molar-refractivity contribution in [2.45, 2.75) is 188 Å². The minimum atomic E-state index is -0.915. The van der Waals surface area contributed by atoms with Gasteiger partial charge in [-0.25, -0.2) is 8.78 Å². The monoisotopic (exact) mass is 795 g/mol. The number of unbranched alkanes of at least 4 members (excludes halogenated alkanes) is 11. The Kier molecular flexibility index (Phi) is 24.7. The van der Waals surface area contributed by atoms with E-state index in [1.165, 1.54) is 95.6 Å². The molecule has 2 fully saturated rings. The van der Waals surface area contributed by atoms with E-state index in [1.807, 2.05) is 0 Å². The predicted octanol–water partition coefficient (Wildman–Crippen LogP) is 15.7. The standard InChI is InChI=1S/C26H38F2O.C25H36F2O/c1-3-5-7-9-11-21-12-14-22(15-13-21)16-17-23-18-19-24(26(28)25(23)27)29-20-10-8-6-4-2;1-3-5-7-9-19-28-23-18-17-22(24(26)25(23)27)16-15-21-13-11-20(12-14-21)10-8-6-4-2/h18-19,21-22H,3-15,20H2,1-2H3;17-18,20-21H,3-14,19H2,1-2H3. The first-order valence-corrected chi connectivity index (χ1v) is 23.1. The topological polar surface area (TPSA) is 18.5 Å². The highest BCUT2D eigenvalue weighted by atomic mass is 19.2. The number of hydrogen-bond acceptors (Lipinski definition) is 2. The number of ether oxygens (including phenoxy) is 2. The Hall–Kier alpha value is -3.12. The lowest BCUT2D eigenvalue weighted by Gasteiger charge is -2.25. The van der Waals surface area contributed by atoms with Crippen LogP contribution in [-0.2, 0) is 0 Å². The first-order valence-electron chi connectivity index (χ1n) is 23.1. The fraction of sp³-hybridized carbons (Fsp3) is 0.686. The van der Waals surface area contributed by atoms with Crippen molar-refractivity contribution in [2.24, 2.45) is 23.7 Å². The van der Waals surface area contributed by atoms with E-state index in [0.29, 0.717) is 25.0 Å². The highest BCUT2D eigenvalue weighted by Crippen LogP contribution is 2.33. The average Bonchev–Trinajstić information content (AvgIpc) is 3.23. The normalized spacial score (nSPS) is 19.0. The van der Waals surface area contributed by atoms with Crippen molar-refractivity contribution in [2.75, 3.05) is 13.2 Å². The fourth-order valence-corrected chi connectivity index (χ4v) is 7.99. The molecule has 0 bridgehead atoms. The molecule has 2 aliphatic rings. The molecule has 0 spiro atoms. The minimum absolute atomic E-state index is 0.00636. The summed E-state index contributed by atoms with van der Waals surface area (Å²) in [5.41, 5.74) is 0.281. The van der Waals surface area contributed by atoms with Crippen LogP contribution in [0.25, 0.3) is 0 Å². The Morgan fingerprint density at radius 1 is 0.439 bits per heavy atom. The molecular weight excluding hydrogens is 721 g/mol. The van der Waals surface area contributed by atoms with Gasteiger partial charge in [-0.05, 0) is 100 Å². The van der Waals surface area contributed by atoms with Gasteiger partial charge in [-0.15, -0.1) is 0 Å². The van der Waals surface area contributed by atoms with Gasteiger partial charge in [0.05, 0.1) is 24.3 Å². The molecule has 318 valence electrons. The molecule has 4 rings (SSSR count). The maximum Gasteiger partial charge on any atom is 0.201 e. The second-order valence-corrected chi connectivity index (χ2v) is 16.6. The summed E-state index contributed by atoms with van der Waals surface area (Å²) in [5.74, 6) is 10.8. The van der Waals surface area contributed by atoms with Crippen molar-refractivity contribution in [3.05, 3.63) is 58.7 Å². The van der Waals surface area contributed by atoms with Crippen LogP contribution in [-0.4, -0.2) is 13.2 Å². The summed E-state index contributed by atoms with van der Waals surface area (Å²) in [7, 11) is 0. The zero-order valence-electron chi connectivity index (χ0n) is 36.0. The van der Waals surface area contributed by atoms with Crippen molar-refractivity contribution in [3.8, 4) is 35.2 Å². The van der Waals surface area contributed by atoms with E-state index < -0.39 is 23.3 Å². The van der Waals surface area contributed by atoms with Crippen LogP contribution in [0.15, 0.2) is 24.3 Å². The van der Waals surface area contributed by atoms with E-state index in [0.717, 1.165) is 88.9 Å². The summed E-state index contributed by atoms with van der Waals surface area (Å²) in [6.45, 7) is 9.59. The molecule has 0 saturated heterocycles. The quantitative estimate of drug-likeness (QED) is 0.0712. The van der Waals surface area contributed by atoms with E-state index >= 15 is 0 Å². The van der Waals surface area contributed by atoms with Crippen LogP contribution in [0.5, 0.6) is 11.5 Å². The van der Waals surface area contributed by atoms with Gasteiger partial charge in [0.2, 0.25) is 11.6 Å². The Morgan fingerprint density at radius 3 is 1.18 bits per heavy atom. The first kappa shape index (κ1) is 48.3. The van der Waals surface area contributed by atoms with Gasteiger partial charge in [0, 0.05) is 11.8 Å². The molecular formula is C51H74F4O2. The van der Waals surface area contributed by atoms with Crippen molar-refractivity contribution >= 4 is 0 Å². The van der Waals surface area contributed by atoms with Gasteiger partial charge >= 0.3 is 0 Å². The maximum absolute atomic E-state index is 14.4. The molecule has 6 heteroatoms. The van der Waals surface area contributed by atoms with Crippen molar-refractivity contribution in [3.63, 3.8) is 0 Å². The first-order chi connectivity index (χ1) is 27.8. The molecule has 0 heterocycles. The molecule has 0 amide bonds. The van der Waals surface area contributed by atoms with Gasteiger partial charge in [-0.3, -0.25) is 0 Å². The Morgan fingerprint density at radius 2 is 0.789 bits per heavy atom. The van der Waals surface area contributed by atoms with Gasteiger partial charge in [0.25, 0.3) is 0 Å². The molecule has 0 radical (unpaired) electrons. The van der Waals surface area contributed by atoms with Gasteiger partial charge in [-0.1, -0.05) is 148 Å². The van der Waals surface area contributed by atoms with Gasteiger partial charge in [0.1, 0.15) is 0 Å². The summed E-state index contributed by atoms with van der Waals surface area (Å²) in [5, 5.41) is 0. The molecule has 2 nitrogen and oxygen atoms in total. The zero-order chi connectivity index (χ0) is 41.1. The molecule has 2 aromatic rings. The smallest absolute Gasteiger partial charge is 0.201 e. The summed E-state index contributed by atoms with van der Waals surface area (Å²) < 4.78 is 68.0. The number of benzene rings is 2. The fourth-order valence-electron chi connectivity index (χ4n) is 7.99. The number of halogens is 4. The highest BCUT2D eigenvalue weighted by molar-refractivity contribution is 5.42. The van der Waals surface area contributed by atoms with Crippen LogP contribution in [0.1, 0.15) is 199 Å². The molecule has 57 heavy (non-hydrogen) atoms. The predicted molar refractivity (Wildman–Crippen MR) is 230 cm³/mol. The second kappa shape index (κ2) is 29.1. The van der Waals surface area contributed by atoms with E-state index in [1.54, 1.807) is 12.1 Å². The molecule has 0 unspecified atom stereocenters. The van der Waals surface area contributed by atoms with Gasteiger partial charge in [-0.2, -0.15) is 8.78 Å². The van der Waals surface area contributed by atoms with Crippen LogP contribution >= 0.6 is 0 Å². The second-order valence-electron chi connectivity index (χ2n) is 16.6. The summed E-state index contributed by atoms with van der Waals surface area (Å²) in [4.78, 5) is 0. The number of rotatable bonds is 21. The van der Waals surface area contributed by atoms with Crippen LogP contribution < -0.4 is 9.47 Å². The summed E-state index contributed by atoms with van der Waals surface area (Å²) in [6, 6.07) is 6.11. The molecule has 0 atom stereocenters. The maximum atomic E-state index is 14.4. The van der Waals surface area contributed by atoms with E-state index in [-0.39, 0.29) is 22.6 Å². The number of hydrogen-bond donors (Lipinski definition) is 0. The molecule has 2 saturated carbocycles. The van der Waals surface area contributed by atoms with Crippen LogP contribution in [0.2, 0.25) is 0 Å². The lowest BCUT2D eigenvalue weighted by atomic mass is 9.80. The summed E-state index contributed by atoms with van der Waals surface area (Å²) in [6.07, 6.45) is 29.4. The molecule has 2 aliphatic carbocycles. The minimum Gasteiger partial charge on any atom is -0.490 e. The summed E-state index contributed by atoms with van der Waals surface area (Å²) >= 11 is 0. The lowest BCUT2D eigenvalue weighted by Crippen LogP contribution is -2.13. The average molecular weight is 795 g/mol. The van der Waals surface area contributed by atoms with E-state index in [9.17, 15) is 17.6 Å². The van der Waals surface area contributed by atoms with Crippen LogP contribution in [0.3, 0.4) is 0 Å². The highest BCUT2D eigenvalue weighted by Gasteiger charge is 2.21. The van der Waals surface area contributed by atoms with Gasteiger partial charge < -0.3 is 9.47 Å². The Labute approximate surface area is 345 Å². The van der Waals surface area contributed by atoms with Crippen molar-refractivity contribution < 1.29 is 27.0 Å². The third kappa shape index (κ3) is 18.6. The van der Waals surface area contributed by atoms with Crippen molar-refractivity contribution in [1.29, 1.82) is 0 Å². The molecule has 2 aromatic carbocycles. The molecule has 0 N–H and O–H groups in total. The Bertz CT molecular complexity index is 1520. The van der Waals surface area contributed by atoms with Gasteiger partial charge in [0.15, 0.2) is 23.1 Å². The lowest BCUT2D eigenvalue weighted by molar-refractivity contribution is 0.285. The van der Waals surface area contributed by atoms with E-state index in [2.05, 4.69) is 51.4 Å². The van der Waals surface area contributed by atoms with Crippen LogP contribution in [0.4, 0.5) is 17.6 Å². The largest absolute Gasteiger partial charge is 0.490 e. The van der Waals surface area contributed by atoms with Crippen molar-refractivity contribution in [1.82, 2.24) is 0 Å². The van der Waals surface area contributed by atoms with E-state index in [4.69, 9.17) is 9.47 Å². The zero-order valence-corrected chi connectivity index (χ0v) is 36.0. The van der Waals surface area contributed by atoms with Crippen LogP contribution in [0, 0.1) is 70.6 Å². The molecule has 0 aliphatic heterocycles. The third-order valence-electron chi connectivity index (χ3n) is 11.8. The molecule has 0 aromatic heterocycles. The third-order valence-corrected chi connectivity index (χ3v) is 11.8. The Balaban J connectivity index is 0.000000306. The SMILES string of the molecule is CCCCCCOc1ccc(C#CC2CCC(CCCCC)CC2)c(F)c1F.CCCCCCOc1ccc(C#CC2CCC(CCCCCC)CC2)c(F)c1F.